The van der Waals surface area contributed by atoms with Gasteiger partial charge in [0.1, 0.15) is 0 Å². The van der Waals surface area contributed by atoms with Gasteiger partial charge in [0.05, 0.1) is 0 Å². The summed E-state index contributed by atoms with van der Waals surface area (Å²) in [5.74, 6) is 0.656. The maximum Gasteiger partial charge on any atom is -0.0188 e. The van der Waals surface area contributed by atoms with E-state index < -0.39 is 0 Å². The summed E-state index contributed by atoms with van der Waals surface area (Å²) < 4.78 is 0. The molecule has 0 amide bonds. The normalized spacial score (nSPS) is 12.9. The average Bonchev–Trinajstić information content (AvgIpc) is 2.05. The van der Waals surface area contributed by atoms with Crippen molar-refractivity contribution in [1.82, 2.24) is 0 Å². The van der Waals surface area contributed by atoms with Gasteiger partial charge >= 0.3 is 0 Å². The molecule has 0 heterocycles. The first-order chi connectivity index (χ1) is 5.75. The van der Waals surface area contributed by atoms with Crippen molar-refractivity contribution >= 4 is 0 Å². The Balaban J connectivity index is 2.79. The molecule has 1 unspecified atom stereocenters. The largest absolute Gasteiger partial charge is 0.0654 e. The third kappa shape index (κ3) is 2.10. The Bertz CT molecular complexity index is 238. The lowest BCUT2D eigenvalue weighted by atomic mass is 9.93. The van der Waals surface area contributed by atoms with Gasteiger partial charge in [-0.2, -0.15) is 0 Å². The Morgan fingerprint density at radius 1 is 1.33 bits per heavy atom. The van der Waals surface area contributed by atoms with Gasteiger partial charge in [-0.1, -0.05) is 44.5 Å². The molecule has 65 valence electrons. The van der Waals surface area contributed by atoms with Crippen LogP contribution in [0.5, 0.6) is 0 Å². The lowest BCUT2D eigenvalue weighted by Gasteiger charge is -2.12. The van der Waals surface area contributed by atoms with Crippen molar-refractivity contribution in [2.24, 2.45) is 0 Å². The van der Waals surface area contributed by atoms with Crippen molar-refractivity contribution in [2.75, 3.05) is 0 Å². The zero-order valence-corrected chi connectivity index (χ0v) is 8.01. The molecular formula is C12H17. The first-order valence-electron chi connectivity index (χ1n) is 4.66. The molecule has 0 fully saturated rings. The molecule has 0 spiro atoms. The second-order valence-corrected chi connectivity index (χ2v) is 3.39. The van der Waals surface area contributed by atoms with Crippen LogP contribution in [0.2, 0.25) is 0 Å². The van der Waals surface area contributed by atoms with E-state index in [1.54, 1.807) is 0 Å². The van der Waals surface area contributed by atoms with Crippen LogP contribution < -0.4 is 0 Å². The van der Waals surface area contributed by atoms with E-state index in [4.69, 9.17) is 0 Å². The topological polar surface area (TPSA) is 0 Å². The van der Waals surface area contributed by atoms with Gasteiger partial charge in [-0.3, -0.25) is 0 Å². The van der Waals surface area contributed by atoms with Crippen LogP contribution in [0.4, 0.5) is 0 Å². The lowest BCUT2D eigenvalue weighted by Crippen LogP contribution is -1.95. The van der Waals surface area contributed by atoms with E-state index in [0.717, 1.165) is 0 Å². The molecule has 0 aliphatic heterocycles. The highest BCUT2D eigenvalue weighted by molar-refractivity contribution is 5.31. The molecule has 0 saturated carbocycles. The molecule has 0 saturated heterocycles. The van der Waals surface area contributed by atoms with Crippen LogP contribution in [-0.2, 0) is 0 Å². The van der Waals surface area contributed by atoms with Gasteiger partial charge in [-0.25, -0.2) is 0 Å². The predicted octanol–water partition coefficient (Wildman–Crippen LogP) is 3.77. The van der Waals surface area contributed by atoms with Gasteiger partial charge in [0.15, 0.2) is 0 Å². The fourth-order valence-corrected chi connectivity index (χ4v) is 1.60. The maximum absolute atomic E-state index is 4.02. The van der Waals surface area contributed by atoms with E-state index in [0.29, 0.717) is 5.92 Å². The highest BCUT2D eigenvalue weighted by Crippen LogP contribution is 2.22. The zero-order chi connectivity index (χ0) is 8.97. The highest BCUT2D eigenvalue weighted by Gasteiger charge is 2.05. The van der Waals surface area contributed by atoms with Crippen LogP contribution in [0.25, 0.3) is 0 Å². The number of hydrogen-bond donors (Lipinski definition) is 0. The van der Waals surface area contributed by atoms with Gasteiger partial charge < -0.3 is 0 Å². The van der Waals surface area contributed by atoms with E-state index >= 15 is 0 Å². The molecule has 12 heavy (non-hydrogen) atoms. The van der Waals surface area contributed by atoms with Crippen LogP contribution in [0.15, 0.2) is 24.3 Å². The smallest absolute Gasteiger partial charge is 0.0188 e. The predicted molar refractivity (Wildman–Crippen MR) is 54.2 cm³/mol. The molecule has 1 aromatic carbocycles. The maximum atomic E-state index is 4.02. The molecule has 0 aromatic heterocycles. The SMILES string of the molecule is [CH2]c1ccccc1C(C)CCC. The third-order valence-electron chi connectivity index (χ3n) is 2.31. The minimum absolute atomic E-state index is 0.656. The summed E-state index contributed by atoms with van der Waals surface area (Å²) in [6.45, 7) is 8.52. The fraction of sp³-hybridized carbons (Fsp3) is 0.417. The summed E-state index contributed by atoms with van der Waals surface area (Å²) in [6.07, 6.45) is 2.50. The summed E-state index contributed by atoms with van der Waals surface area (Å²) in [6, 6.07) is 8.41. The van der Waals surface area contributed by atoms with Crippen LogP contribution in [0.1, 0.15) is 43.7 Å². The zero-order valence-electron chi connectivity index (χ0n) is 8.01. The average molecular weight is 161 g/mol. The molecule has 1 rings (SSSR count). The molecule has 1 radical (unpaired) electrons. The van der Waals surface area contributed by atoms with Crippen LogP contribution in [0.3, 0.4) is 0 Å². The van der Waals surface area contributed by atoms with E-state index in [2.05, 4.69) is 39.0 Å². The molecule has 0 heteroatoms. The standard InChI is InChI=1S/C12H17/c1-4-7-10(2)12-9-6-5-8-11(12)3/h5-6,8-10H,3-4,7H2,1-2H3. The Morgan fingerprint density at radius 3 is 2.58 bits per heavy atom. The number of rotatable bonds is 3. The van der Waals surface area contributed by atoms with E-state index in [1.165, 1.54) is 24.0 Å². The molecule has 0 bridgehead atoms. The number of benzene rings is 1. The molecule has 0 aliphatic carbocycles. The van der Waals surface area contributed by atoms with Gasteiger partial charge in [-0.15, -0.1) is 0 Å². The molecule has 1 atom stereocenters. The minimum Gasteiger partial charge on any atom is -0.0654 e. The Labute approximate surface area is 75.6 Å². The molecular weight excluding hydrogens is 144 g/mol. The van der Waals surface area contributed by atoms with Crippen molar-refractivity contribution in [2.45, 2.75) is 32.6 Å². The van der Waals surface area contributed by atoms with Crippen LogP contribution in [0, 0.1) is 6.92 Å². The first kappa shape index (κ1) is 9.31. The summed E-state index contributed by atoms with van der Waals surface area (Å²) in [5.41, 5.74) is 2.58. The van der Waals surface area contributed by atoms with E-state index in [-0.39, 0.29) is 0 Å². The van der Waals surface area contributed by atoms with Crippen molar-refractivity contribution in [3.05, 3.63) is 42.3 Å². The van der Waals surface area contributed by atoms with E-state index in [9.17, 15) is 0 Å². The van der Waals surface area contributed by atoms with Crippen molar-refractivity contribution in [1.29, 1.82) is 0 Å². The summed E-state index contributed by atoms with van der Waals surface area (Å²) >= 11 is 0. The van der Waals surface area contributed by atoms with Gasteiger partial charge in [0, 0.05) is 0 Å². The second-order valence-electron chi connectivity index (χ2n) is 3.39. The summed E-state index contributed by atoms with van der Waals surface area (Å²) in [4.78, 5) is 0. The second kappa shape index (κ2) is 4.30. The molecule has 1 aromatic rings. The highest BCUT2D eigenvalue weighted by atomic mass is 14.1. The van der Waals surface area contributed by atoms with Gasteiger partial charge in [0.2, 0.25) is 0 Å². The van der Waals surface area contributed by atoms with Crippen molar-refractivity contribution in [3.63, 3.8) is 0 Å². The minimum atomic E-state index is 0.656. The summed E-state index contributed by atoms with van der Waals surface area (Å²) in [7, 11) is 0. The summed E-state index contributed by atoms with van der Waals surface area (Å²) in [5, 5.41) is 0. The Morgan fingerprint density at radius 2 is 2.00 bits per heavy atom. The monoisotopic (exact) mass is 161 g/mol. The Hall–Kier alpha value is -0.780. The molecule has 0 N–H and O–H groups in total. The molecule has 0 nitrogen and oxygen atoms in total. The van der Waals surface area contributed by atoms with Crippen LogP contribution >= 0.6 is 0 Å². The molecule has 0 aliphatic rings. The quantitative estimate of drug-likeness (QED) is 0.633. The first-order valence-corrected chi connectivity index (χ1v) is 4.66. The third-order valence-corrected chi connectivity index (χ3v) is 2.31. The van der Waals surface area contributed by atoms with Gasteiger partial charge in [0.25, 0.3) is 0 Å². The van der Waals surface area contributed by atoms with Gasteiger partial charge in [-0.05, 0) is 30.4 Å². The van der Waals surface area contributed by atoms with Crippen molar-refractivity contribution < 1.29 is 0 Å². The fourth-order valence-electron chi connectivity index (χ4n) is 1.60. The Kier molecular flexibility index (Phi) is 3.33. The number of hydrogen-bond acceptors (Lipinski definition) is 0. The van der Waals surface area contributed by atoms with E-state index in [1.807, 2.05) is 6.07 Å². The van der Waals surface area contributed by atoms with Crippen LogP contribution in [-0.4, -0.2) is 0 Å². The van der Waals surface area contributed by atoms with Crippen molar-refractivity contribution in [3.8, 4) is 0 Å². The lowest BCUT2D eigenvalue weighted by molar-refractivity contribution is 0.663.